The largest absolute Gasteiger partial charge is 0.495 e. The van der Waals surface area contributed by atoms with Crippen LogP contribution < -0.4 is 10.1 Å². The fraction of sp³-hybridized carbons (Fsp3) is 0.400. The Morgan fingerprint density at radius 3 is 3.00 bits per heavy atom. The molecule has 3 heteroatoms. The van der Waals surface area contributed by atoms with Gasteiger partial charge in [0.25, 0.3) is 0 Å². The van der Waals surface area contributed by atoms with Gasteiger partial charge in [-0.25, -0.2) is 0 Å². The molecular formula is C10H12ClNO. The maximum Gasteiger partial charge on any atom is 0.137 e. The molecule has 1 aliphatic rings. The highest BCUT2D eigenvalue weighted by molar-refractivity contribution is 6.33. The molecule has 2 nitrogen and oxygen atoms in total. The van der Waals surface area contributed by atoms with Gasteiger partial charge in [0.2, 0.25) is 0 Å². The SMILES string of the molecule is COc1ccc2c(c1Cl)CC(C)N2. The Bertz CT molecular complexity index is 338. The van der Waals surface area contributed by atoms with E-state index >= 15 is 0 Å². The van der Waals surface area contributed by atoms with Gasteiger partial charge in [-0.1, -0.05) is 11.6 Å². The Balaban J connectivity index is 2.48. The normalized spacial score (nSPS) is 19.5. The second-order valence-electron chi connectivity index (χ2n) is 3.36. The molecule has 0 aromatic heterocycles. The molecule has 70 valence electrons. The zero-order valence-electron chi connectivity index (χ0n) is 7.73. The van der Waals surface area contributed by atoms with Crippen LogP contribution in [0.3, 0.4) is 0 Å². The molecule has 0 aliphatic carbocycles. The fourth-order valence-corrected chi connectivity index (χ4v) is 2.03. The third kappa shape index (κ3) is 1.35. The minimum Gasteiger partial charge on any atom is -0.495 e. The smallest absolute Gasteiger partial charge is 0.137 e. The molecule has 0 bridgehead atoms. The number of anilines is 1. The number of hydrogen-bond donors (Lipinski definition) is 1. The van der Waals surface area contributed by atoms with Crippen LogP contribution in [0.5, 0.6) is 5.75 Å². The second-order valence-corrected chi connectivity index (χ2v) is 3.74. The monoisotopic (exact) mass is 197 g/mol. The van der Waals surface area contributed by atoms with Crippen LogP contribution in [0.1, 0.15) is 12.5 Å². The highest BCUT2D eigenvalue weighted by atomic mass is 35.5. The summed E-state index contributed by atoms with van der Waals surface area (Å²) in [6, 6.07) is 4.38. The van der Waals surface area contributed by atoms with Gasteiger partial charge in [0.15, 0.2) is 0 Å². The summed E-state index contributed by atoms with van der Waals surface area (Å²) in [7, 11) is 1.64. The summed E-state index contributed by atoms with van der Waals surface area (Å²) >= 11 is 6.15. The zero-order valence-corrected chi connectivity index (χ0v) is 8.48. The number of methoxy groups -OCH3 is 1. The maximum atomic E-state index is 6.15. The first-order valence-electron chi connectivity index (χ1n) is 4.34. The molecule has 1 aliphatic heterocycles. The van der Waals surface area contributed by atoms with E-state index in [1.165, 1.54) is 5.56 Å². The average Bonchev–Trinajstić information content (AvgIpc) is 2.47. The zero-order chi connectivity index (χ0) is 9.42. The van der Waals surface area contributed by atoms with Crippen LogP contribution in [0.25, 0.3) is 0 Å². The Hall–Kier alpha value is -0.890. The van der Waals surface area contributed by atoms with Crippen LogP contribution in [-0.2, 0) is 6.42 Å². The van der Waals surface area contributed by atoms with Crippen LogP contribution >= 0.6 is 11.6 Å². The highest BCUT2D eigenvalue weighted by Gasteiger charge is 2.21. The van der Waals surface area contributed by atoms with Gasteiger partial charge in [0.05, 0.1) is 12.1 Å². The summed E-state index contributed by atoms with van der Waals surface area (Å²) in [5.41, 5.74) is 2.31. The van der Waals surface area contributed by atoms with Crippen molar-refractivity contribution in [2.45, 2.75) is 19.4 Å². The number of nitrogens with one attached hydrogen (secondary N) is 1. The van der Waals surface area contributed by atoms with Crippen molar-refractivity contribution in [3.63, 3.8) is 0 Å². The Morgan fingerprint density at radius 2 is 2.31 bits per heavy atom. The third-order valence-electron chi connectivity index (χ3n) is 2.34. The number of fused-ring (bicyclic) bond motifs is 1. The van der Waals surface area contributed by atoms with Crippen molar-refractivity contribution in [2.24, 2.45) is 0 Å². The lowest BCUT2D eigenvalue weighted by atomic mass is 10.1. The number of ether oxygens (including phenoxy) is 1. The predicted molar refractivity (Wildman–Crippen MR) is 54.8 cm³/mol. The number of rotatable bonds is 1. The molecule has 0 saturated carbocycles. The average molecular weight is 198 g/mol. The van der Waals surface area contributed by atoms with E-state index in [-0.39, 0.29) is 0 Å². The van der Waals surface area contributed by atoms with E-state index in [9.17, 15) is 0 Å². The molecule has 1 atom stereocenters. The van der Waals surface area contributed by atoms with Crippen LogP contribution in [0.2, 0.25) is 5.02 Å². The molecule has 1 aromatic carbocycles. The van der Waals surface area contributed by atoms with Gasteiger partial charge in [-0.2, -0.15) is 0 Å². The van der Waals surface area contributed by atoms with Crippen molar-refractivity contribution in [3.8, 4) is 5.75 Å². The Labute approximate surface area is 82.9 Å². The van der Waals surface area contributed by atoms with Gasteiger partial charge in [0, 0.05) is 11.7 Å². The third-order valence-corrected chi connectivity index (χ3v) is 2.75. The van der Waals surface area contributed by atoms with Crippen molar-refractivity contribution >= 4 is 17.3 Å². The van der Waals surface area contributed by atoms with Crippen molar-refractivity contribution < 1.29 is 4.74 Å². The summed E-state index contributed by atoms with van der Waals surface area (Å²) in [5.74, 6) is 0.760. The summed E-state index contributed by atoms with van der Waals surface area (Å²) in [6.45, 7) is 2.14. The van der Waals surface area contributed by atoms with Crippen LogP contribution in [0, 0.1) is 0 Å². The van der Waals surface area contributed by atoms with Gasteiger partial charge in [-0.3, -0.25) is 0 Å². The lowest BCUT2D eigenvalue weighted by molar-refractivity contribution is 0.414. The van der Waals surface area contributed by atoms with Crippen LogP contribution in [0.4, 0.5) is 5.69 Å². The first kappa shape index (κ1) is 8.70. The van der Waals surface area contributed by atoms with E-state index < -0.39 is 0 Å². The lowest BCUT2D eigenvalue weighted by Crippen LogP contribution is -2.08. The number of hydrogen-bond acceptors (Lipinski definition) is 2. The van der Waals surface area contributed by atoms with Crippen molar-refractivity contribution in [1.82, 2.24) is 0 Å². The highest BCUT2D eigenvalue weighted by Crippen LogP contribution is 2.37. The molecule has 0 radical (unpaired) electrons. The van der Waals surface area contributed by atoms with Gasteiger partial charge in [-0.15, -0.1) is 0 Å². The summed E-state index contributed by atoms with van der Waals surface area (Å²) in [5, 5.41) is 4.10. The molecule has 1 N–H and O–H groups in total. The van der Waals surface area contributed by atoms with Gasteiger partial charge >= 0.3 is 0 Å². The number of halogens is 1. The molecule has 1 heterocycles. The first-order valence-corrected chi connectivity index (χ1v) is 4.72. The summed E-state index contributed by atoms with van der Waals surface area (Å²) in [4.78, 5) is 0. The van der Waals surface area contributed by atoms with Gasteiger partial charge in [0.1, 0.15) is 5.75 Å². The van der Waals surface area contributed by atoms with Crippen LogP contribution in [-0.4, -0.2) is 13.2 Å². The molecule has 1 unspecified atom stereocenters. The van der Waals surface area contributed by atoms with Crippen molar-refractivity contribution in [3.05, 3.63) is 22.7 Å². The standard InChI is InChI=1S/C10H12ClNO/c1-6-5-7-8(12-6)3-4-9(13-2)10(7)11/h3-4,6,12H,5H2,1-2H3. The van der Waals surface area contributed by atoms with Crippen molar-refractivity contribution in [2.75, 3.05) is 12.4 Å². The maximum absolute atomic E-state index is 6.15. The molecule has 2 rings (SSSR count). The first-order chi connectivity index (χ1) is 6.22. The van der Waals surface area contributed by atoms with E-state index in [1.54, 1.807) is 7.11 Å². The molecule has 0 fully saturated rings. The van der Waals surface area contributed by atoms with E-state index in [1.807, 2.05) is 12.1 Å². The predicted octanol–water partition coefficient (Wildman–Crippen LogP) is 2.71. The second kappa shape index (κ2) is 3.11. The van der Waals surface area contributed by atoms with E-state index in [4.69, 9.17) is 16.3 Å². The quantitative estimate of drug-likeness (QED) is 0.748. The summed E-state index contributed by atoms with van der Waals surface area (Å²) < 4.78 is 5.15. The van der Waals surface area contributed by atoms with Crippen LogP contribution in [0.15, 0.2) is 12.1 Å². The molecule has 0 spiro atoms. The van der Waals surface area contributed by atoms with E-state index in [0.717, 1.165) is 22.9 Å². The number of benzene rings is 1. The lowest BCUT2D eigenvalue weighted by Gasteiger charge is -2.06. The van der Waals surface area contributed by atoms with Gasteiger partial charge < -0.3 is 10.1 Å². The van der Waals surface area contributed by atoms with E-state index in [2.05, 4.69) is 12.2 Å². The summed E-state index contributed by atoms with van der Waals surface area (Å²) in [6.07, 6.45) is 0.978. The van der Waals surface area contributed by atoms with Gasteiger partial charge in [-0.05, 0) is 31.0 Å². The van der Waals surface area contributed by atoms with Crippen molar-refractivity contribution in [1.29, 1.82) is 0 Å². The topological polar surface area (TPSA) is 21.3 Å². The molecule has 0 amide bonds. The van der Waals surface area contributed by atoms with E-state index in [0.29, 0.717) is 6.04 Å². The fourth-order valence-electron chi connectivity index (χ4n) is 1.71. The Morgan fingerprint density at radius 1 is 1.54 bits per heavy atom. The molecule has 13 heavy (non-hydrogen) atoms. The minimum atomic E-state index is 0.472. The Kier molecular flexibility index (Phi) is 2.08. The molecular weight excluding hydrogens is 186 g/mol. The molecule has 1 aromatic rings. The molecule has 0 saturated heterocycles. The minimum absolute atomic E-state index is 0.472.